The van der Waals surface area contributed by atoms with Gasteiger partial charge in [0, 0.05) is 12.6 Å². The average molecular weight is 205 g/mol. The number of aliphatic hydroxyl groups is 1. The Balaban J connectivity index is 3.04. The zero-order chi connectivity index (χ0) is 10.8. The lowest BCUT2D eigenvalue weighted by Crippen LogP contribution is -2.15. The van der Waals surface area contributed by atoms with E-state index in [-0.39, 0.29) is 12.0 Å². The second-order valence-electron chi connectivity index (χ2n) is 3.06. The fraction of sp³-hybridized carbons (Fsp3) is 0.444. The molecular weight excluding hydrogens is 195 g/mol. The van der Waals surface area contributed by atoms with Gasteiger partial charge in [0.05, 0.1) is 6.10 Å². The van der Waals surface area contributed by atoms with Crippen molar-refractivity contribution in [3.8, 4) is 0 Å². The quantitative estimate of drug-likeness (QED) is 0.801. The predicted octanol–water partition coefficient (Wildman–Crippen LogP) is 2.02. The van der Waals surface area contributed by atoms with Crippen molar-refractivity contribution in [2.45, 2.75) is 25.6 Å². The fourth-order valence-electron chi connectivity index (χ4n) is 1.18. The van der Waals surface area contributed by atoms with Crippen molar-refractivity contribution in [2.75, 3.05) is 0 Å². The van der Waals surface area contributed by atoms with Crippen molar-refractivity contribution in [1.29, 1.82) is 0 Å². The van der Waals surface area contributed by atoms with Crippen LogP contribution in [-0.4, -0.2) is 16.2 Å². The van der Waals surface area contributed by atoms with Crippen LogP contribution < -0.4 is 0 Å². The Hall–Kier alpha value is -1.10. The maximum Gasteiger partial charge on any atom is 0.433 e. The molecule has 0 spiro atoms. The van der Waals surface area contributed by atoms with Crippen LogP contribution in [0.1, 0.15) is 18.2 Å². The van der Waals surface area contributed by atoms with Crippen molar-refractivity contribution >= 4 is 0 Å². The molecular formula is C9H10F3NO. The maximum atomic E-state index is 12.4. The molecule has 1 heterocycles. The van der Waals surface area contributed by atoms with Gasteiger partial charge in [-0.05, 0) is 18.6 Å². The largest absolute Gasteiger partial charge is 0.433 e. The van der Waals surface area contributed by atoms with E-state index in [0.717, 1.165) is 6.20 Å². The zero-order valence-corrected chi connectivity index (χ0v) is 7.54. The SMILES string of the molecule is CC(O)Cc1cccnc1C(F)(F)F. The molecule has 0 aliphatic heterocycles. The van der Waals surface area contributed by atoms with Crippen LogP contribution in [0.5, 0.6) is 0 Å². The first-order chi connectivity index (χ1) is 6.41. The van der Waals surface area contributed by atoms with E-state index in [9.17, 15) is 13.2 Å². The number of pyridine rings is 1. The van der Waals surface area contributed by atoms with Gasteiger partial charge in [-0.3, -0.25) is 4.98 Å². The Bertz CT molecular complexity index is 309. The maximum absolute atomic E-state index is 12.4. The first-order valence-corrected chi connectivity index (χ1v) is 4.10. The van der Waals surface area contributed by atoms with Crippen molar-refractivity contribution in [1.82, 2.24) is 4.98 Å². The molecule has 1 aromatic heterocycles. The third-order valence-corrected chi connectivity index (χ3v) is 1.68. The molecule has 0 aromatic carbocycles. The van der Waals surface area contributed by atoms with Gasteiger partial charge in [-0.15, -0.1) is 0 Å². The van der Waals surface area contributed by atoms with E-state index in [1.807, 2.05) is 0 Å². The summed E-state index contributed by atoms with van der Waals surface area (Å²) >= 11 is 0. The van der Waals surface area contributed by atoms with Gasteiger partial charge in [0.1, 0.15) is 5.69 Å². The second-order valence-corrected chi connectivity index (χ2v) is 3.06. The Morgan fingerprint density at radius 3 is 2.64 bits per heavy atom. The molecule has 1 aromatic rings. The summed E-state index contributed by atoms with van der Waals surface area (Å²) in [5.74, 6) is 0. The summed E-state index contributed by atoms with van der Waals surface area (Å²) in [6.45, 7) is 1.44. The summed E-state index contributed by atoms with van der Waals surface area (Å²) < 4.78 is 37.1. The van der Waals surface area contributed by atoms with Gasteiger partial charge in [-0.25, -0.2) is 0 Å². The van der Waals surface area contributed by atoms with Gasteiger partial charge in [-0.1, -0.05) is 6.07 Å². The number of aromatic nitrogens is 1. The van der Waals surface area contributed by atoms with Gasteiger partial charge in [0.2, 0.25) is 0 Å². The topological polar surface area (TPSA) is 33.1 Å². The monoisotopic (exact) mass is 205 g/mol. The molecule has 0 bridgehead atoms. The van der Waals surface area contributed by atoms with Crippen molar-refractivity contribution in [3.05, 3.63) is 29.6 Å². The highest BCUT2D eigenvalue weighted by molar-refractivity contribution is 5.22. The predicted molar refractivity (Wildman–Crippen MR) is 44.6 cm³/mol. The minimum Gasteiger partial charge on any atom is -0.393 e. The van der Waals surface area contributed by atoms with Crippen LogP contribution in [0.3, 0.4) is 0 Å². The summed E-state index contributed by atoms with van der Waals surface area (Å²) in [6, 6.07) is 2.75. The van der Waals surface area contributed by atoms with Crippen molar-refractivity contribution < 1.29 is 18.3 Å². The second kappa shape index (κ2) is 3.96. The Kier molecular flexibility index (Phi) is 3.10. The summed E-state index contributed by atoms with van der Waals surface area (Å²) in [6.07, 6.45) is -4.21. The summed E-state index contributed by atoms with van der Waals surface area (Å²) in [4.78, 5) is 3.27. The van der Waals surface area contributed by atoms with Crippen LogP contribution in [0, 0.1) is 0 Å². The van der Waals surface area contributed by atoms with E-state index < -0.39 is 18.0 Å². The highest BCUT2D eigenvalue weighted by Crippen LogP contribution is 2.30. The van der Waals surface area contributed by atoms with E-state index >= 15 is 0 Å². The first-order valence-electron chi connectivity index (χ1n) is 4.10. The van der Waals surface area contributed by atoms with Crippen LogP contribution in [0.15, 0.2) is 18.3 Å². The number of nitrogens with zero attached hydrogens (tertiary/aromatic N) is 1. The van der Waals surface area contributed by atoms with E-state index in [2.05, 4.69) is 4.98 Å². The Morgan fingerprint density at radius 2 is 2.14 bits per heavy atom. The third-order valence-electron chi connectivity index (χ3n) is 1.68. The lowest BCUT2D eigenvalue weighted by molar-refractivity contribution is -0.141. The van der Waals surface area contributed by atoms with Gasteiger partial charge >= 0.3 is 6.18 Å². The number of hydrogen-bond donors (Lipinski definition) is 1. The molecule has 0 aliphatic carbocycles. The lowest BCUT2D eigenvalue weighted by atomic mass is 10.1. The highest BCUT2D eigenvalue weighted by Gasteiger charge is 2.34. The van der Waals surface area contributed by atoms with E-state index in [0.29, 0.717) is 0 Å². The molecule has 2 nitrogen and oxygen atoms in total. The Morgan fingerprint density at radius 1 is 1.50 bits per heavy atom. The van der Waals surface area contributed by atoms with Crippen molar-refractivity contribution in [2.24, 2.45) is 0 Å². The van der Waals surface area contributed by atoms with Gasteiger partial charge in [0.25, 0.3) is 0 Å². The number of hydrogen-bond acceptors (Lipinski definition) is 2. The molecule has 1 rings (SSSR count). The molecule has 0 radical (unpaired) electrons. The average Bonchev–Trinajstić information content (AvgIpc) is 2.01. The van der Waals surface area contributed by atoms with Gasteiger partial charge < -0.3 is 5.11 Å². The fourth-order valence-corrected chi connectivity index (χ4v) is 1.18. The lowest BCUT2D eigenvalue weighted by Gasteiger charge is -2.12. The van der Waals surface area contributed by atoms with E-state index in [4.69, 9.17) is 5.11 Å². The van der Waals surface area contributed by atoms with Crippen LogP contribution in [0.4, 0.5) is 13.2 Å². The minimum absolute atomic E-state index is 0.0231. The zero-order valence-electron chi connectivity index (χ0n) is 7.54. The normalized spacial score (nSPS) is 14.1. The summed E-state index contributed by atoms with van der Waals surface area (Å²) in [7, 11) is 0. The molecule has 1 atom stereocenters. The Labute approximate surface area is 79.4 Å². The van der Waals surface area contributed by atoms with Gasteiger partial charge in [-0.2, -0.15) is 13.2 Å². The van der Waals surface area contributed by atoms with E-state index in [1.165, 1.54) is 19.1 Å². The highest BCUT2D eigenvalue weighted by atomic mass is 19.4. The molecule has 5 heteroatoms. The molecule has 1 unspecified atom stereocenters. The molecule has 0 saturated heterocycles. The van der Waals surface area contributed by atoms with Crippen molar-refractivity contribution in [3.63, 3.8) is 0 Å². The number of aliphatic hydroxyl groups excluding tert-OH is 1. The number of rotatable bonds is 2. The number of alkyl halides is 3. The molecule has 0 amide bonds. The standard InChI is InChI=1S/C9H10F3NO/c1-6(14)5-7-3-2-4-13-8(7)9(10,11)12/h2-4,6,14H,5H2,1H3. The minimum atomic E-state index is -4.45. The van der Waals surface area contributed by atoms with Crippen LogP contribution in [0.2, 0.25) is 0 Å². The molecule has 14 heavy (non-hydrogen) atoms. The molecule has 78 valence electrons. The van der Waals surface area contributed by atoms with E-state index in [1.54, 1.807) is 0 Å². The molecule has 0 saturated carbocycles. The number of halogens is 3. The summed E-state index contributed by atoms with van der Waals surface area (Å²) in [5, 5.41) is 9.00. The first kappa shape index (κ1) is 11.0. The van der Waals surface area contributed by atoms with Gasteiger partial charge in [0.15, 0.2) is 0 Å². The smallest absolute Gasteiger partial charge is 0.393 e. The third kappa shape index (κ3) is 2.70. The molecule has 0 aliphatic rings. The summed E-state index contributed by atoms with van der Waals surface area (Å²) in [5.41, 5.74) is -0.893. The van der Waals surface area contributed by atoms with Crippen LogP contribution in [-0.2, 0) is 12.6 Å². The molecule has 0 fully saturated rings. The molecule has 1 N–H and O–H groups in total. The van der Waals surface area contributed by atoms with Crippen LogP contribution in [0.25, 0.3) is 0 Å². The van der Waals surface area contributed by atoms with Crippen LogP contribution >= 0.6 is 0 Å².